The lowest BCUT2D eigenvalue weighted by Crippen LogP contribution is -1.99. The summed E-state index contributed by atoms with van der Waals surface area (Å²) in [6.07, 6.45) is 4.26. The number of sulfone groups is 1. The summed E-state index contributed by atoms with van der Waals surface area (Å²) in [7, 11) is -3.25. The number of carbonyl (C=O) groups is 1. The van der Waals surface area contributed by atoms with Crippen LogP contribution in [0.2, 0.25) is 5.02 Å². The Kier molecular flexibility index (Phi) is 6.35. The molecule has 0 fully saturated rings. The van der Waals surface area contributed by atoms with Gasteiger partial charge in [-0.1, -0.05) is 29.8 Å². The first-order chi connectivity index (χ1) is 9.86. The zero-order chi connectivity index (χ0) is 15.5. The van der Waals surface area contributed by atoms with Crippen LogP contribution in [-0.4, -0.2) is 20.5 Å². The van der Waals surface area contributed by atoms with Gasteiger partial charge in [-0.15, -0.1) is 12.4 Å². The highest BCUT2D eigenvalue weighted by atomic mass is 35.5. The van der Waals surface area contributed by atoms with Crippen molar-refractivity contribution in [3.8, 4) is 0 Å². The summed E-state index contributed by atoms with van der Waals surface area (Å²) in [5.41, 5.74) is 1.30. The summed E-state index contributed by atoms with van der Waals surface area (Å²) in [4.78, 5) is 12.2. The molecule has 2 aromatic carbocycles. The Labute approximate surface area is 141 Å². The number of carbonyl (C=O) groups excluding carboxylic acids is 1. The van der Waals surface area contributed by atoms with E-state index in [1.54, 1.807) is 30.3 Å². The van der Waals surface area contributed by atoms with Gasteiger partial charge in [0, 0.05) is 16.8 Å². The van der Waals surface area contributed by atoms with Crippen LogP contribution in [0.25, 0.3) is 6.08 Å². The molecule has 2 aromatic rings. The van der Waals surface area contributed by atoms with Gasteiger partial charge in [0.1, 0.15) is 0 Å². The van der Waals surface area contributed by atoms with Crippen molar-refractivity contribution >= 4 is 45.7 Å². The van der Waals surface area contributed by atoms with Crippen molar-refractivity contribution in [1.29, 1.82) is 0 Å². The smallest absolute Gasteiger partial charge is 0.185 e. The van der Waals surface area contributed by atoms with Crippen LogP contribution in [0.3, 0.4) is 0 Å². The third-order valence-electron chi connectivity index (χ3n) is 2.86. The molecule has 0 aliphatic rings. The second kappa shape index (κ2) is 7.58. The molecule has 116 valence electrons. The molecule has 22 heavy (non-hydrogen) atoms. The molecule has 0 atom stereocenters. The Morgan fingerprint density at radius 3 is 2.05 bits per heavy atom. The SMILES string of the molecule is CS(=O)(=O)c1ccc(C(=O)C=Cc2ccc(Cl)cc2)cc1.Cl. The van der Waals surface area contributed by atoms with Crippen molar-refractivity contribution in [1.82, 2.24) is 0 Å². The van der Waals surface area contributed by atoms with Gasteiger partial charge in [-0.25, -0.2) is 8.42 Å². The number of benzene rings is 2. The molecule has 6 heteroatoms. The third-order valence-corrected chi connectivity index (χ3v) is 4.24. The molecule has 0 aliphatic heterocycles. The maximum atomic E-state index is 12.0. The Hall–Kier alpha value is -1.62. The van der Waals surface area contributed by atoms with Gasteiger partial charge in [0.2, 0.25) is 0 Å². The lowest BCUT2D eigenvalue weighted by molar-refractivity contribution is 0.104. The molecule has 0 spiro atoms. The van der Waals surface area contributed by atoms with Crippen molar-refractivity contribution in [3.05, 3.63) is 70.8 Å². The lowest BCUT2D eigenvalue weighted by Gasteiger charge is -2.00. The molecule has 3 nitrogen and oxygen atoms in total. The van der Waals surface area contributed by atoms with E-state index in [2.05, 4.69) is 0 Å². The van der Waals surface area contributed by atoms with Crippen LogP contribution in [0.15, 0.2) is 59.5 Å². The van der Waals surface area contributed by atoms with Crippen molar-refractivity contribution in [3.63, 3.8) is 0 Å². The molecule has 2 rings (SSSR count). The van der Waals surface area contributed by atoms with Crippen LogP contribution < -0.4 is 0 Å². The fraction of sp³-hybridized carbons (Fsp3) is 0.0625. The Balaban J connectivity index is 0.00000242. The average Bonchev–Trinajstić information content (AvgIpc) is 2.45. The van der Waals surface area contributed by atoms with E-state index in [1.165, 1.54) is 30.3 Å². The van der Waals surface area contributed by atoms with Crippen molar-refractivity contribution in [2.24, 2.45) is 0 Å². The van der Waals surface area contributed by atoms with E-state index in [0.29, 0.717) is 10.6 Å². The predicted molar refractivity (Wildman–Crippen MR) is 91.6 cm³/mol. The minimum atomic E-state index is -3.25. The standard InChI is InChI=1S/C16H13ClO3S.ClH/c1-21(19,20)15-9-5-13(6-10-15)16(18)11-4-12-2-7-14(17)8-3-12;/h2-11H,1H3;1H. The number of halogens is 2. The highest BCUT2D eigenvalue weighted by Gasteiger charge is 2.08. The summed E-state index contributed by atoms with van der Waals surface area (Å²) < 4.78 is 22.7. The first-order valence-corrected chi connectivity index (χ1v) is 8.41. The van der Waals surface area contributed by atoms with E-state index in [1.807, 2.05) is 0 Å². The normalized spacial score (nSPS) is 11.2. The van der Waals surface area contributed by atoms with E-state index in [0.717, 1.165) is 11.8 Å². The highest BCUT2D eigenvalue weighted by Crippen LogP contribution is 2.13. The molecular formula is C16H14Cl2O3S. The fourth-order valence-electron chi connectivity index (χ4n) is 1.71. The van der Waals surface area contributed by atoms with E-state index in [9.17, 15) is 13.2 Å². The summed E-state index contributed by atoms with van der Waals surface area (Å²) in [5.74, 6) is -0.190. The maximum absolute atomic E-state index is 12.0. The first kappa shape index (κ1) is 18.4. The predicted octanol–water partition coefficient (Wildman–Crippen LogP) is 4.06. The van der Waals surface area contributed by atoms with Crippen LogP contribution in [-0.2, 0) is 9.84 Å². The van der Waals surface area contributed by atoms with Crippen LogP contribution in [0.1, 0.15) is 15.9 Å². The molecule has 0 aliphatic carbocycles. The molecular weight excluding hydrogens is 343 g/mol. The minimum Gasteiger partial charge on any atom is -0.289 e. The Morgan fingerprint density at radius 1 is 1.00 bits per heavy atom. The zero-order valence-corrected chi connectivity index (χ0v) is 14.1. The van der Waals surface area contributed by atoms with Gasteiger partial charge < -0.3 is 0 Å². The minimum absolute atomic E-state index is 0. The van der Waals surface area contributed by atoms with Crippen LogP contribution in [0.5, 0.6) is 0 Å². The van der Waals surface area contributed by atoms with E-state index >= 15 is 0 Å². The maximum Gasteiger partial charge on any atom is 0.185 e. The topological polar surface area (TPSA) is 51.2 Å². The number of hydrogen-bond donors (Lipinski definition) is 0. The quantitative estimate of drug-likeness (QED) is 0.612. The molecule has 0 bridgehead atoms. The molecule has 0 saturated carbocycles. The molecule has 0 unspecified atom stereocenters. The van der Waals surface area contributed by atoms with Gasteiger partial charge in [0.25, 0.3) is 0 Å². The van der Waals surface area contributed by atoms with Gasteiger partial charge in [-0.3, -0.25) is 4.79 Å². The molecule has 0 heterocycles. The van der Waals surface area contributed by atoms with E-state index in [4.69, 9.17) is 11.6 Å². The van der Waals surface area contributed by atoms with E-state index < -0.39 is 9.84 Å². The molecule has 0 aromatic heterocycles. The number of allylic oxidation sites excluding steroid dienone is 1. The largest absolute Gasteiger partial charge is 0.289 e. The first-order valence-electron chi connectivity index (χ1n) is 6.14. The van der Waals surface area contributed by atoms with Crippen LogP contribution in [0.4, 0.5) is 0 Å². The van der Waals surface area contributed by atoms with Crippen molar-refractivity contribution in [2.45, 2.75) is 4.90 Å². The monoisotopic (exact) mass is 356 g/mol. The van der Waals surface area contributed by atoms with Crippen molar-refractivity contribution < 1.29 is 13.2 Å². The number of ketones is 1. The van der Waals surface area contributed by atoms with Gasteiger partial charge in [-0.05, 0) is 48.0 Å². The number of hydrogen-bond acceptors (Lipinski definition) is 3. The summed E-state index contributed by atoms with van der Waals surface area (Å²) in [5, 5.41) is 0.634. The molecule has 0 amide bonds. The van der Waals surface area contributed by atoms with Gasteiger partial charge in [0.05, 0.1) is 4.90 Å². The lowest BCUT2D eigenvalue weighted by atomic mass is 10.1. The third kappa shape index (κ3) is 4.98. The van der Waals surface area contributed by atoms with Gasteiger partial charge in [0.15, 0.2) is 15.6 Å². The van der Waals surface area contributed by atoms with Crippen LogP contribution >= 0.6 is 24.0 Å². The zero-order valence-electron chi connectivity index (χ0n) is 11.7. The van der Waals surface area contributed by atoms with E-state index in [-0.39, 0.29) is 23.1 Å². The molecule has 0 saturated heterocycles. The van der Waals surface area contributed by atoms with Gasteiger partial charge in [-0.2, -0.15) is 0 Å². The second-order valence-electron chi connectivity index (χ2n) is 4.55. The Morgan fingerprint density at radius 2 is 1.55 bits per heavy atom. The Bertz CT molecular complexity index is 777. The van der Waals surface area contributed by atoms with Gasteiger partial charge >= 0.3 is 0 Å². The average molecular weight is 357 g/mol. The fourth-order valence-corrected chi connectivity index (χ4v) is 2.46. The van der Waals surface area contributed by atoms with Crippen LogP contribution in [0, 0.1) is 0 Å². The summed E-state index contributed by atoms with van der Waals surface area (Å²) in [6, 6.07) is 13.0. The summed E-state index contributed by atoms with van der Waals surface area (Å²) in [6.45, 7) is 0. The highest BCUT2D eigenvalue weighted by molar-refractivity contribution is 7.90. The number of rotatable bonds is 4. The van der Waals surface area contributed by atoms with Crippen molar-refractivity contribution in [2.75, 3.05) is 6.26 Å². The second-order valence-corrected chi connectivity index (χ2v) is 7.00. The molecule has 0 radical (unpaired) electrons. The molecule has 0 N–H and O–H groups in total. The summed E-state index contributed by atoms with van der Waals surface area (Å²) >= 11 is 5.78.